The van der Waals surface area contributed by atoms with Crippen molar-refractivity contribution in [1.29, 1.82) is 0 Å². The lowest BCUT2D eigenvalue weighted by molar-refractivity contribution is 0.298. The highest BCUT2D eigenvalue weighted by molar-refractivity contribution is 5.85. The first-order valence-electron chi connectivity index (χ1n) is 10.8. The molecule has 0 aliphatic heterocycles. The van der Waals surface area contributed by atoms with Gasteiger partial charge in [0.15, 0.2) is 0 Å². The summed E-state index contributed by atoms with van der Waals surface area (Å²) in [5, 5.41) is 1.16. The summed E-state index contributed by atoms with van der Waals surface area (Å²) in [7, 11) is 2.04. The molecule has 1 aliphatic rings. The Labute approximate surface area is 196 Å². The normalized spacial score (nSPS) is 13.3. The fraction of sp³-hybridized carbons (Fsp3) is 0.280. The maximum atomic E-state index is 13.8. The topological polar surface area (TPSA) is 49.0 Å². The first kappa shape index (κ1) is 23.0. The van der Waals surface area contributed by atoms with Gasteiger partial charge in [0.25, 0.3) is 5.56 Å². The van der Waals surface area contributed by atoms with Crippen LogP contribution in [0.15, 0.2) is 53.5 Å². The predicted octanol–water partition coefficient (Wildman–Crippen LogP) is 5.27. The third-order valence-electron chi connectivity index (χ3n) is 6.14. The van der Waals surface area contributed by atoms with Crippen molar-refractivity contribution in [1.82, 2.24) is 14.1 Å². The van der Waals surface area contributed by atoms with Crippen LogP contribution in [0.2, 0.25) is 0 Å². The van der Waals surface area contributed by atoms with Crippen LogP contribution < -0.4 is 10.3 Å². The number of aromatic nitrogens is 3. The van der Waals surface area contributed by atoms with E-state index >= 15 is 0 Å². The van der Waals surface area contributed by atoms with Crippen LogP contribution in [0.25, 0.3) is 16.9 Å². The van der Waals surface area contributed by atoms with E-state index < -0.39 is 11.6 Å². The van der Waals surface area contributed by atoms with Gasteiger partial charge >= 0.3 is 0 Å². The van der Waals surface area contributed by atoms with Crippen LogP contribution in [0.4, 0.5) is 8.78 Å². The molecule has 0 fully saturated rings. The lowest BCUT2D eigenvalue weighted by Crippen LogP contribution is -2.18. The molecule has 0 bridgehead atoms. The molecule has 0 unspecified atom stereocenters. The Morgan fingerprint density at radius 3 is 2.64 bits per heavy atom. The summed E-state index contributed by atoms with van der Waals surface area (Å²) in [4.78, 5) is 17.5. The summed E-state index contributed by atoms with van der Waals surface area (Å²) in [5.74, 6) is -0.485. The number of halogens is 3. The van der Waals surface area contributed by atoms with E-state index in [9.17, 15) is 13.6 Å². The van der Waals surface area contributed by atoms with Crippen molar-refractivity contribution < 1.29 is 13.5 Å². The van der Waals surface area contributed by atoms with Crippen molar-refractivity contribution in [2.75, 3.05) is 0 Å². The minimum Gasteiger partial charge on any atom is -0.489 e. The van der Waals surface area contributed by atoms with Gasteiger partial charge in [-0.25, -0.2) is 13.8 Å². The molecule has 0 spiro atoms. The maximum absolute atomic E-state index is 13.8. The van der Waals surface area contributed by atoms with Crippen molar-refractivity contribution in [2.45, 2.75) is 38.7 Å². The van der Waals surface area contributed by atoms with Crippen LogP contribution >= 0.6 is 12.4 Å². The number of rotatable bonds is 4. The first-order valence-corrected chi connectivity index (χ1v) is 10.8. The average molecular weight is 472 g/mol. The first-order chi connectivity index (χ1) is 15.5. The average Bonchev–Trinajstić information content (AvgIpc) is 2.93. The van der Waals surface area contributed by atoms with Crippen LogP contribution in [0, 0.1) is 11.6 Å². The Morgan fingerprint density at radius 1 is 1.03 bits per heavy atom. The molecule has 4 aromatic rings. The van der Waals surface area contributed by atoms with E-state index in [4.69, 9.17) is 9.72 Å². The van der Waals surface area contributed by atoms with Crippen molar-refractivity contribution in [3.63, 3.8) is 0 Å². The van der Waals surface area contributed by atoms with Crippen LogP contribution in [-0.2, 0) is 26.5 Å². The number of benzene rings is 1. The number of aryl methyl sites for hydroxylation is 2. The van der Waals surface area contributed by atoms with Crippen LogP contribution in [-0.4, -0.2) is 14.1 Å². The number of hydrogen-bond donors (Lipinski definition) is 0. The van der Waals surface area contributed by atoms with E-state index in [-0.39, 0.29) is 30.1 Å². The molecule has 1 aromatic carbocycles. The molecule has 0 saturated carbocycles. The van der Waals surface area contributed by atoms with Crippen molar-refractivity contribution in [2.24, 2.45) is 7.05 Å². The fourth-order valence-electron chi connectivity index (χ4n) is 4.46. The zero-order chi connectivity index (χ0) is 22.2. The number of ether oxygens (including phenoxy) is 1. The van der Waals surface area contributed by atoms with Crippen molar-refractivity contribution in [3.8, 4) is 11.6 Å². The highest BCUT2D eigenvalue weighted by Crippen LogP contribution is 2.30. The molecule has 8 heteroatoms. The molecule has 0 radical (unpaired) electrons. The number of pyridine rings is 2. The minimum absolute atomic E-state index is 0. The molecule has 5 rings (SSSR count). The third kappa shape index (κ3) is 4.37. The highest BCUT2D eigenvalue weighted by atomic mass is 35.5. The fourth-order valence-corrected chi connectivity index (χ4v) is 4.46. The summed E-state index contributed by atoms with van der Waals surface area (Å²) >= 11 is 0. The Balaban J connectivity index is 0.00000259. The van der Waals surface area contributed by atoms with Gasteiger partial charge in [-0.2, -0.15) is 0 Å². The molecule has 0 atom stereocenters. The number of fused-ring (bicyclic) bond motifs is 3. The van der Waals surface area contributed by atoms with Crippen LogP contribution in [0.1, 0.15) is 36.1 Å². The Hall–Kier alpha value is -3.19. The van der Waals surface area contributed by atoms with Gasteiger partial charge in [0.2, 0.25) is 0 Å². The lowest BCUT2D eigenvalue weighted by Gasteiger charge is -2.10. The molecule has 172 valence electrons. The smallest absolute Gasteiger partial charge is 0.259 e. The summed E-state index contributed by atoms with van der Waals surface area (Å²) in [6.07, 6.45) is 7.34. The van der Waals surface area contributed by atoms with Crippen LogP contribution in [0.3, 0.4) is 0 Å². The highest BCUT2D eigenvalue weighted by Gasteiger charge is 2.18. The molecular formula is C25H24ClF2N3O2. The van der Waals surface area contributed by atoms with E-state index in [0.29, 0.717) is 11.6 Å². The Morgan fingerprint density at radius 2 is 1.85 bits per heavy atom. The largest absolute Gasteiger partial charge is 0.489 e. The molecule has 0 saturated heterocycles. The molecular weight excluding hydrogens is 448 g/mol. The summed E-state index contributed by atoms with van der Waals surface area (Å²) in [6.45, 7) is -0.103. The maximum Gasteiger partial charge on any atom is 0.259 e. The lowest BCUT2D eigenvalue weighted by atomic mass is 10.1. The van der Waals surface area contributed by atoms with Gasteiger partial charge in [-0.05, 0) is 61.6 Å². The summed E-state index contributed by atoms with van der Waals surface area (Å²) in [6, 6.07) is 10.2. The SMILES string of the molecule is Cl.Cn1c2c(c3ccc(-n4ccc(OCc5ccc(F)cc5F)cc4=O)nc31)CCCCC2. The Bertz CT molecular complexity index is 1380. The van der Waals surface area contributed by atoms with Gasteiger partial charge in [0.05, 0.1) is 0 Å². The van der Waals surface area contributed by atoms with Crippen molar-refractivity contribution >= 4 is 23.4 Å². The zero-order valence-electron chi connectivity index (χ0n) is 18.2. The number of nitrogens with zero attached hydrogens (tertiary/aromatic N) is 3. The van der Waals surface area contributed by atoms with E-state index in [1.165, 1.54) is 53.3 Å². The van der Waals surface area contributed by atoms with Gasteiger partial charge in [-0.3, -0.25) is 9.36 Å². The predicted molar refractivity (Wildman–Crippen MR) is 126 cm³/mol. The summed E-state index contributed by atoms with van der Waals surface area (Å²) < 4.78 is 36.0. The molecule has 5 nitrogen and oxygen atoms in total. The van der Waals surface area contributed by atoms with Crippen molar-refractivity contribution in [3.05, 3.63) is 87.5 Å². The van der Waals surface area contributed by atoms with E-state index in [2.05, 4.69) is 10.6 Å². The second kappa shape index (κ2) is 9.35. The van der Waals surface area contributed by atoms with E-state index in [1.807, 2.05) is 13.1 Å². The quantitative estimate of drug-likeness (QED) is 0.381. The second-order valence-electron chi connectivity index (χ2n) is 8.18. The zero-order valence-corrected chi connectivity index (χ0v) is 19.0. The molecule has 3 aromatic heterocycles. The van der Waals surface area contributed by atoms with E-state index in [0.717, 1.165) is 29.9 Å². The van der Waals surface area contributed by atoms with Gasteiger partial charge < -0.3 is 9.30 Å². The monoisotopic (exact) mass is 471 g/mol. The Kier molecular flexibility index (Phi) is 6.51. The molecule has 33 heavy (non-hydrogen) atoms. The standard InChI is InChI=1S/C25H23F2N3O2.ClH/c1-29-22-6-4-2-3-5-19(22)20-9-10-23(28-25(20)29)30-12-11-18(14-24(30)31)32-15-16-7-8-17(26)13-21(16)27;/h7-14H,2-6,15H2,1H3;1H. The molecule has 0 N–H and O–H groups in total. The molecule has 0 amide bonds. The van der Waals surface area contributed by atoms with Gasteiger partial charge in [-0.1, -0.05) is 6.42 Å². The second-order valence-corrected chi connectivity index (χ2v) is 8.18. The minimum atomic E-state index is -0.684. The van der Waals surface area contributed by atoms with Crippen LogP contribution in [0.5, 0.6) is 5.75 Å². The van der Waals surface area contributed by atoms with Gasteiger partial charge in [0.1, 0.15) is 35.5 Å². The van der Waals surface area contributed by atoms with Gasteiger partial charge in [-0.15, -0.1) is 12.4 Å². The van der Waals surface area contributed by atoms with E-state index in [1.54, 1.807) is 12.3 Å². The number of hydrogen-bond acceptors (Lipinski definition) is 3. The third-order valence-corrected chi connectivity index (χ3v) is 6.14. The molecule has 1 aliphatic carbocycles. The summed E-state index contributed by atoms with van der Waals surface area (Å²) in [5.41, 5.74) is 3.51. The van der Waals surface area contributed by atoms with Gasteiger partial charge in [0, 0.05) is 42.0 Å². The molecule has 3 heterocycles.